The van der Waals surface area contributed by atoms with E-state index in [-0.39, 0.29) is 11.5 Å². The number of benzene rings is 1. The van der Waals surface area contributed by atoms with Crippen LogP contribution < -0.4 is 11.3 Å². The van der Waals surface area contributed by atoms with Gasteiger partial charge in [-0.3, -0.25) is 9.89 Å². The highest BCUT2D eigenvalue weighted by atomic mass is 16.1. The van der Waals surface area contributed by atoms with E-state index in [0.717, 1.165) is 11.5 Å². The molecule has 6 nitrogen and oxygen atoms in total. The number of aromatic nitrogens is 4. The quantitative estimate of drug-likeness (QED) is 0.715. The van der Waals surface area contributed by atoms with Crippen LogP contribution in [0.15, 0.2) is 35.1 Å². The molecule has 0 bridgehead atoms. The minimum absolute atomic E-state index is 0.142. The van der Waals surface area contributed by atoms with Crippen molar-refractivity contribution in [3.8, 4) is 0 Å². The van der Waals surface area contributed by atoms with Crippen LogP contribution in [0.3, 0.4) is 0 Å². The molecule has 0 saturated carbocycles. The van der Waals surface area contributed by atoms with E-state index in [1.54, 1.807) is 6.92 Å². The predicted octanol–water partition coefficient (Wildman–Crippen LogP) is 1.65. The number of nitrogens with two attached hydrogens (primary N) is 1. The molecular weight excluding hydrogens is 266 g/mol. The Morgan fingerprint density at radius 3 is 2.71 bits per heavy atom. The number of H-pyrrole nitrogens is 1. The lowest BCUT2D eigenvalue weighted by Crippen LogP contribution is -2.14. The van der Waals surface area contributed by atoms with E-state index in [1.807, 2.05) is 24.3 Å². The molecule has 3 rings (SSSR count). The van der Waals surface area contributed by atoms with Crippen LogP contribution in [-0.2, 0) is 6.42 Å². The standard InChI is InChI=1S/C15H17N5O/c1-9(11-3-5-12(16)6-4-11)7-13-18-15-17-10(2)8-14(21)20(15)19-13/h3-6,8-9H,7,16H2,1-2H3,(H,17,18,19). The summed E-state index contributed by atoms with van der Waals surface area (Å²) in [5.74, 6) is 1.43. The fourth-order valence-corrected chi connectivity index (χ4v) is 2.36. The Labute approximate surface area is 121 Å². The van der Waals surface area contributed by atoms with Gasteiger partial charge in [0.15, 0.2) is 0 Å². The maximum atomic E-state index is 11.8. The zero-order chi connectivity index (χ0) is 15.0. The molecule has 0 aliphatic rings. The minimum atomic E-state index is -0.142. The average Bonchev–Trinajstić information content (AvgIpc) is 2.82. The molecule has 0 radical (unpaired) electrons. The van der Waals surface area contributed by atoms with Crippen LogP contribution >= 0.6 is 0 Å². The average molecular weight is 283 g/mol. The van der Waals surface area contributed by atoms with Crippen molar-refractivity contribution in [1.82, 2.24) is 19.6 Å². The lowest BCUT2D eigenvalue weighted by Gasteiger charge is -2.09. The summed E-state index contributed by atoms with van der Waals surface area (Å²) >= 11 is 0. The van der Waals surface area contributed by atoms with Crippen LogP contribution in [0.4, 0.5) is 5.69 Å². The highest BCUT2D eigenvalue weighted by molar-refractivity contribution is 5.40. The lowest BCUT2D eigenvalue weighted by atomic mass is 9.97. The summed E-state index contributed by atoms with van der Waals surface area (Å²) in [6.45, 7) is 3.90. The van der Waals surface area contributed by atoms with Crippen molar-refractivity contribution in [2.45, 2.75) is 26.2 Å². The predicted molar refractivity (Wildman–Crippen MR) is 81.3 cm³/mol. The van der Waals surface area contributed by atoms with Gasteiger partial charge in [-0.25, -0.2) is 4.98 Å². The number of hydrogen-bond acceptors (Lipinski definition) is 4. The number of hydrogen-bond donors (Lipinski definition) is 2. The molecule has 2 aromatic heterocycles. The molecule has 21 heavy (non-hydrogen) atoms. The molecule has 3 aromatic rings. The van der Waals surface area contributed by atoms with E-state index in [9.17, 15) is 4.79 Å². The highest BCUT2D eigenvalue weighted by Crippen LogP contribution is 2.20. The molecule has 6 heteroatoms. The number of anilines is 1. The normalized spacial score (nSPS) is 12.7. The Balaban J connectivity index is 1.89. The number of nitrogens with zero attached hydrogens (tertiary/aromatic N) is 3. The molecule has 3 N–H and O–H groups in total. The van der Waals surface area contributed by atoms with Gasteiger partial charge in [-0.1, -0.05) is 19.1 Å². The summed E-state index contributed by atoms with van der Waals surface area (Å²) in [4.78, 5) is 20.5. The molecule has 0 saturated heterocycles. The first-order valence-corrected chi connectivity index (χ1v) is 6.83. The minimum Gasteiger partial charge on any atom is -0.399 e. The van der Waals surface area contributed by atoms with E-state index in [4.69, 9.17) is 5.73 Å². The fraction of sp³-hybridized carbons (Fsp3) is 0.267. The van der Waals surface area contributed by atoms with Gasteiger partial charge < -0.3 is 5.73 Å². The van der Waals surface area contributed by atoms with E-state index in [1.165, 1.54) is 16.1 Å². The Morgan fingerprint density at radius 1 is 1.29 bits per heavy atom. The number of fused-ring (bicyclic) bond motifs is 1. The monoisotopic (exact) mass is 283 g/mol. The van der Waals surface area contributed by atoms with Crippen molar-refractivity contribution < 1.29 is 0 Å². The Bertz CT molecular complexity index is 831. The second-order valence-corrected chi connectivity index (χ2v) is 5.31. The van der Waals surface area contributed by atoms with E-state index in [2.05, 4.69) is 22.0 Å². The molecule has 0 amide bonds. The topological polar surface area (TPSA) is 89.1 Å². The molecule has 0 spiro atoms. The van der Waals surface area contributed by atoms with Gasteiger partial charge in [-0.15, -0.1) is 0 Å². The second kappa shape index (κ2) is 5.05. The molecule has 2 heterocycles. The Morgan fingerprint density at radius 2 is 2.00 bits per heavy atom. The summed E-state index contributed by atoms with van der Waals surface area (Å²) in [6, 6.07) is 9.28. The zero-order valence-electron chi connectivity index (χ0n) is 12.0. The summed E-state index contributed by atoms with van der Waals surface area (Å²) in [6.07, 6.45) is 0.700. The van der Waals surface area contributed by atoms with Crippen molar-refractivity contribution >= 4 is 11.5 Å². The lowest BCUT2D eigenvalue weighted by molar-refractivity contribution is 0.712. The van der Waals surface area contributed by atoms with Crippen LogP contribution in [0.2, 0.25) is 0 Å². The van der Waals surface area contributed by atoms with E-state index >= 15 is 0 Å². The zero-order valence-corrected chi connectivity index (χ0v) is 12.0. The third-order valence-electron chi connectivity index (χ3n) is 3.51. The van der Waals surface area contributed by atoms with Gasteiger partial charge in [-0.05, 0) is 30.5 Å². The van der Waals surface area contributed by atoms with Crippen LogP contribution in [-0.4, -0.2) is 19.6 Å². The van der Waals surface area contributed by atoms with Gasteiger partial charge in [0.1, 0.15) is 5.82 Å². The maximum Gasteiger partial charge on any atom is 0.274 e. The molecule has 1 unspecified atom stereocenters. The van der Waals surface area contributed by atoms with Crippen LogP contribution in [0.5, 0.6) is 0 Å². The van der Waals surface area contributed by atoms with Crippen LogP contribution in [0.25, 0.3) is 5.78 Å². The van der Waals surface area contributed by atoms with Gasteiger partial charge in [-0.2, -0.15) is 9.50 Å². The SMILES string of the molecule is Cc1cc(=O)n2[nH]c(CC(C)c3ccc(N)cc3)nc2n1. The molecule has 0 aliphatic carbocycles. The summed E-state index contributed by atoms with van der Waals surface area (Å²) in [5.41, 5.74) is 8.16. The first-order chi connectivity index (χ1) is 10.0. The van der Waals surface area contributed by atoms with Crippen molar-refractivity contribution in [2.75, 3.05) is 5.73 Å². The molecule has 1 aromatic carbocycles. The Hall–Kier alpha value is -2.63. The van der Waals surface area contributed by atoms with Gasteiger partial charge in [0.05, 0.1) is 0 Å². The van der Waals surface area contributed by atoms with Crippen molar-refractivity contribution in [3.63, 3.8) is 0 Å². The first-order valence-electron chi connectivity index (χ1n) is 6.83. The van der Waals surface area contributed by atoms with Gasteiger partial charge in [0.25, 0.3) is 11.3 Å². The number of aryl methyl sites for hydroxylation is 1. The number of aromatic amines is 1. The van der Waals surface area contributed by atoms with Gasteiger partial charge >= 0.3 is 0 Å². The smallest absolute Gasteiger partial charge is 0.274 e. The summed E-state index contributed by atoms with van der Waals surface area (Å²) < 4.78 is 1.37. The molecule has 108 valence electrons. The van der Waals surface area contributed by atoms with E-state index < -0.39 is 0 Å². The first kappa shape index (κ1) is 13.4. The highest BCUT2D eigenvalue weighted by Gasteiger charge is 2.11. The third kappa shape index (κ3) is 2.65. The molecule has 0 aliphatic heterocycles. The molecule has 0 fully saturated rings. The van der Waals surface area contributed by atoms with Gasteiger partial charge in [0, 0.05) is 23.9 Å². The summed E-state index contributed by atoms with van der Waals surface area (Å²) in [5, 5.41) is 3.01. The number of nitrogens with one attached hydrogen (secondary N) is 1. The molecular formula is C15H17N5O. The Kier molecular flexibility index (Phi) is 3.21. The largest absolute Gasteiger partial charge is 0.399 e. The van der Waals surface area contributed by atoms with Crippen molar-refractivity contribution in [1.29, 1.82) is 0 Å². The maximum absolute atomic E-state index is 11.8. The fourth-order valence-electron chi connectivity index (χ4n) is 2.36. The van der Waals surface area contributed by atoms with Crippen molar-refractivity contribution in [2.24, 2.45) is 0 Å². The van der Waals surface area contributed by atoms with E-state index in [0.29, 0.717) is 17.9 Å². The number of rotatable bonds is 3. The third-order valence-corrected chi connectivity index (χ3v) is 3.51. The van der Waals surface area contributed by atoms with Crippen LogP contribution in [0, 0.1) is 6.92 Å². The van der Waals surface area contributed by atoms with Crippen molar-refractivity contribution in [3.05, 3.63) is 57.8 Å². The second-order valence-electron chi connectivity index (χ2n) is 5.31. The summed E-state index contributed by atoms with van der Waals surface area (Å²) in [7, 11) is 0. The molecule has 1 atom stereocenters. The van der Waals surface area contributed by atoms with Crippen LogP contribution in [0.1, 0.15) is 29.9 Å². The van der Waals surface area contributed by atoms with Gasteiger partial charge in [0.2, 0.25) is 0 Å². The number of nitrogen functional groups attached to an aromatic ring is 1.